The molecule has 0 spiro atoms. The molecule has 0 aliphatic carbocycles. The second kappa shape index (κ2) is 7.74. The average molecular weight is 389 g/mol. The number of anilines is 3. The standard InChI is InChI=1S/C21H19N5OS/c1-13-11-20(26-25-13)23-19-12-21(24-18-6-4-3-5-17(18)19)28-16-9-7-15(8-10-16)22-14(2)27/h3-12H,1-2H3,(H,22,27)(H2,23,24,25,26). The summed E-state index contributed by atoms with van der Waals surface area (Å²) in [5, 5.41) is 15.3. The zero-order valence-corrected chi connectivity index (χ0v) is 16.3. The molecule has 0 saturated heterocycles. The maximum Gasteiger partial charge on any atom is 0.221 e. The Hall–Kier alpha value is -3.32. The molecule has 0 fully saturated rings. The molecular weight excluding hydrogens is 370 g/mol. The number of carbonyl (C=O) groups excluding carboxylic acids is 1. The van der Waals surface area contributed by atoms with Crippen LogP contribution in [0.1, 0.15) is 12.6 Å². The smallest absolute Gasteiger partial charge is 0.221 e. The number of rotatable bonds is 5. The van der Waals surface area contributed by atoms with Crippen LogP contribution in [0.4, 0.5) is 17.2 Å². The number of nitrogens with one attached hydrogen (secondary N) is 3. The molecule has 3 N–H and O–H groups in total. The van der Waals surface area contributed by atoms with Crippen molar-refractivity contribution in [2.24, 2.45) is 0 Å². The third kappa shape index (κ3) is 4.15. The van der Waals surface area contributed by atoms with E-state index in [1.54, 1.807) is 11.8 Å². The molecule has 0 aliphatic rings. The SMILES string of the molecule is CC(=O)Nc1ccc(Sc2cc(Nc3cc(C)[nH]n3)c3ccccc3n2)cc1. The highest BCUT2D eigenvalue weighted by molar-refractivity contribution is 7.99. The lowest BCUT2D eigenvalue weighted by atomic mass is 10.2. The molecule has 0 unspecified atom stereocenters. The highest BCUT2D eigenvalue weighted by Crippen LogP contribution is 2.33. The highest BCUT2D eigenvalue weighted by atomic mass is 32.2. The number of pyridine rings is 1. The van der Waals surface area contributed by atoms with E-state index in [4.69, 9.17) is 4.98 Å². The lowest BCUT2D eigenvalue weighted by molar-refractivity contribution is -0.114. The third-order valence-corrected chi connectivity index (χ3v) is 4.98. The molecule has 1 amide bonds. The van der Waals surface area contributed by atoms with Gasteiger partial charge in [0.1, 0.15) is 5.03 Å². The van der Waals surface area contributed by atoms with Crippen molar-refractivity contribution in [1.29, 1.82) is 0 Å². The third-order valence-electron chi connectivity index (χ3n) is 4.06. The van der Waals surface area contributed by atoms with Crippen LogP contribution in [-0.4, -0.2) is 21.1 Å². The Morgan fingerprint density at radius 2 is 1.86 bits per heavy atom. The molecule has 7 heteroatoms. The number of aromatic amines is 1. The molecule has 2 aromatic carbocycles. The molecule has 28 heavy (non-hydrogen) atoms. The first-order valence-electron chi connectivity index (χ1n) is 8.81. The Labute approximate surface area is 166 Å². The Morgan fingerprint density at radius 1 is 1.07 bits per heavy atom. The van der Waals surface area contributed by atoms with Crippen LogP contribution < -0.4 is 10.6 Å². The fraction of sp³-hybridized carbons (Fsp3) is 0.0952. The minimum absolute atomic E-state index is 0.0825. The van der Waals surface area contributed by atoms with E-state index in [1.165, 1.54) is 6.92 Å². The van der Waals surface area contributed by atoms with Crippen molar-refractivity contribution < 1.29 is 4.79 Å². The number of hydrogen-bond donors (Lipinski definition) is 3. The quantitative estimate of drug-likeness (QED) is 0.441. The molecule has 2 heterocycles. The van der Waals surface area contributed by atoms with Gasteiger partial charge in [-0.1, -0.05) is 30.0 Å². The summed E-state index contributed by atoms with van der Waals surface area (Å²) in [6, 6.07) is 19.7. The van der Waals surface area contributed by atoms with Gasteiger partial charge in [0.2, 0.25) is 5.91 Å². The van der Waals surface area contributed by atoms with Gasteiger partial charge in [-0.2, -0.15) is 5.10 Å². The van der Waals surface area contributed by atoms with Gasteiger partial charge < -0.3 is 10.6 Å². The van der Waals surface area contributed by atoms with Crippen LogP contribution in [0, 0.1) is 6.92 Å². The van der Waals surface area contributed by atoms with E-state index in [2.05, 4.69) is 20.8 Å². The first-order valence-corrected chi connectivity index (χ1v) is 9.63. The van der Waals surface area contributed by atoms with Gasteiger partial charge in [-0.3, -0.25) is 9.89 Å². The topological polar surface area (TPSA) is 82.7 Å². The van der Waals surface area contributed by atoms with E-state index < -0.39 is 0 Å². The molecule has 4 rings (SSSR count). The van der Waals surface area contributed by atoms with Crippen molar-refractivity contribution in [3.8, 4) is 0 Å². The van der Waals surface area contributed by atoms with Gasteiger partial charge in [-0.25, -0.2) is 4.98 Å². The summed E-state index contributed by atoms with van der Waals surface area (Å²) in [6.45, 7) is 3.46. The van der Waals surface area contributed by atoms with Crippen LogP contribution >= 0.6 is 11.8 Å². The van der Waals surface area contributed by atoms with E-state index in [0.29, 0.717) is 0 Å². The number of aromatic nitrogens is 3. The van der Waals surface area contributed by atoms with Crippen molar-refractivity contribution >= 4 is 45.8 Å². The fourth-order valence-corrected chi connectivity index (χ4v) is 3.69. The predicted octanol–water partition coefficient (Wildman–Crippen LogP) is 5.12. The lowest BCUT2D eigenvalue weighted by Crippen LogP contribution is -2.05. The second-order valence-electron chi connectivity index (χ2n) is 6.39. The van der Waals surface area contributed by atoms with E-state index in [1.807, 2.05) is 67.6 Å². The van der Waals surface area contributed by atoms with Crippen LogP contribution in [0.15, 0.2) is 70.6 Å². The van der Waals surface area contributed by atoms with Crippen molar-refractivity contribution in [2.75, 3.05) is 10.6 Å². The number of para-hydroxylation sites is 1. The van der Waals surface area contributed by atoms with Gasteiger partial charge in [0.05, 0.1) is 11.2 Å². The summed E-state index contributed by atoms with van der Waals surface area (Å²) in [4.78, 5) is 17.0. The first-order chi connectivity index (χ1) is 13.6. The molecule has 0 saturated carbocycles. The van der Waals surface area contributed by atoms with Crippen LogP contribution in [-0.2, 0) is 4.79 Å². The molecule has 2 aromatic heterocycles. The predicted molar refractivity (Wildman–Crippen MR) is 113 cm³/mol. The zero-order valence-electron chi connectivity index (χ0n) is 15.5. The second-order valence-corrected chi connectivity index (χ2v) is 7.49. The number of carbonyl (C=O) groups is 1. The van der Waals surface area contributed by atoms with E-state index in [9.17, 15) is 4.79 Å². The number of hydrogen-bond acceptors (Lipinski definition) is 5. The summed E-state index contributed by atoms with van der Waals surface area (Å²) in [6.07, 6.45) is 0. The van der Waals surface area contributed by atoms with E-state index >= 15 is 0 Å². The maximum atomic E-state index is 11.2. The monoisotopic (exact) mass is 389 g/mol. The van der Waals surface area contributed by atoms with Crippen molar-refractivity contribution in [1.82, 2.24) is 15.2 Å². The lowest BCUT2D eigenvalue weighted by Gasteiger charge is -2.10. The molecule has 4 aromatic rings. The van der Waals surface area contributed by atoms with Crippen LogP contribution in [0.3, 0.4) is 0 Å². The zero-order chi connectivity index (χ0) is 19.5. The van der Waals surface area contributed by atoms with Gasteiger partial charge in [0.15, 0.2) is 5.82 Å². The molecule has 0 atom stereocenters. The summed E-state index contributed by atoms with van der Waals surface area (Å²) >= 11 is 1.57. The molecular formula is C21H19N5OS. The molecule has 0 radical (unpaired) electrons. The highest BCUT2D eigenvalue weighted by Gasteiger charge is 2.09. The van der Waals surface area contributed by atoms with Gasteiger partial charge in [-0.05, 0) is 43.3 Å². The molecule has 6 nitrogen and oxygen atoms in total. The van der Waals surface area contributed by atoms with Crippen LogP contribution in [0.2, 0.25) is 0 Å². The first kappa shape index (κ1) is 18.1. The van der Waals surface area contributed by atoms with Crippen molar-refractivity contribution in [3.63, 3.8) is 0 Å². The molecule has 0 bridgehead atoms. The van der Waals surface area contributed by atoms with Gasteiger partial charge in [0.25, 0.3) is 0 Å². The van der Waals surface area contributed by atoms with E-state index in [-0.39, 0.29) is 5.91 Å². The minimum atomic E-state index is -0.0825. The number of H-pyrrole nitrogens is 1. The molecule has 0 aliphatic heterocycles. The number of aryl methyl sites for hydroxylation is 1. The summed E-state index contributed by atoms with van der Waals surface area (Å²) in [5.74, 6) is 0.686. The van der Waals surface area contributed by atoms with Crippen molar-refractivity contribution in [3.05, 3.63) is 66.4 Å². The number of amides is 1. The van der Waals surface area contributed by atoms with Crippen LogP contribution in [0.5, 0.6) is 0 Å². The van der Waals surface area contributed by atoms with Crippen molar-refractivity contribution in [2.45, 2.75) is 23.8 Å². The normalized spacial score (nSPS) is 10.8. The average Bonchev–Trinajstić information content (AvgIpc) is 3.08. The van der Waals surface area contributed by atoms with E-state index in [0.717, 1.165) is 43.7 Å². The largest absolute Gasteiger partial charge is 0.338 e. The molecule has 140 valence electrons. The fourth-order valence-electron chi connectivity index (χ4n) is 2.86. The summed E-state index contributed by atoms with van der Waals surface area (Å²) in [5.41, 5.74) is 3.64. The van der Waals surface area contributed by atoms with Gasteiger partial charge in [0, 0.05) is 34.7 Å². The minimum Gasteiger partial charge on any atom is -0.338 e. The Morgan fingerprint density at radius 3 is 2.57 bits per heavy atom. The Bertz CT molecular complexity index is 1140. The Kier molecular flexibility index (Phi) is 4.99. The Balaban J connectivity index is 1.64. The summed E-state index contributed by atoms with van der Waals surface area (Å²) < 4.78 is 0. The number of nitrogens with zero attached hydrogens (tertiary/aromatic N) is 2. The van der Waals surface area contributed by atoms with Gasteiger partial charge >= 0.3 is 0 Å². The maximum absolute atomic E-state index is 11.2. The number of benzene rings is 2. The number of fused-ring (bicyclic) bond motifs is 1. The van der Waals surface area contributed by atoms with Crippen LogP contribution in [0.25, 0.3) is 10.9 Å². The van der Waals surface area contributed by atoms with Gasteiger partial charge in [-0.15, -0.1) is 0 Å². The summed E-state index contributed by atoms with van der Waals surface area (Å²) in [7, 11) is 0.